The molecule has 0 heterocycles. The Kier molecular flexibility index (Phi) is 2.15. The monoisotopic (exact) mass is 206 g/mol. The Morgan fingerprint density at radius 1 is 1.00 bits per heavy atom. The number of Topliss-reactive ketones (excluding diaryl/α,β-unsaturated/α-hetero) is 1. The third-order valence-electron chi connectivity index (χ3n) is 5.11. The topological polar surface area (TPSA) is 17.1 Å². The molecular formula is C14H22O. The van der Waals surface area contributed by atoms with Crippen LogP contribution in [-0.2, 0) is 4.79 Å². The quantitative estimate of drug-likeness (QED) is 0.552. The van der Waals surface area contributed by atoms with Crippen molar-refractivity contribution in [3.05, 3.63) is 11.1 Å². The maximum Gasteiger partial charge on any atom is 0.137 e. The third kappa shape index (κ3) is 1.32. The molecule has 0 aromatic rings. The van der Waals surface area contributed by atoms with E-state index in [2.05, 4.69) is 34.6 Å². The van der Waals surface area contributed by atoms with Crippen LogP contribution in [0.4, 0.5) is 0 Å². The molecule has 1 heteroatoms. The Morgan fingerprint density at radius 2 is 1.53 bits per heavy atom. The summed E-state index contributed by atoms with van der Waals surface area (Å²) in [5.41, 5.74) is 3.55. The van der Waals surface area contributed by atoms with Crippen molar-refractivity contribution in [3.63, 3.8) is 0 Å². The molecule has 0 aromatic heterocycles. The second kappa shape index (κ2) is 2.96. The molecule has 0 bridgehead atoms. The highest BCUT2D eigenvalue weighted by atomic mass is 16.1. The van der Waals surface area contributed by atoms with Crippen LogP contribution in [0.25, 0.3) is 0 Å². The first-order valence-corrected chi connectivity index (χ1v) is 6.02. The third-order valence-corrected chi connectivity index (χ3v) is 5.11. The molecule has 0 saturated heterocycles. The van der Waals surface area contributed by atoms with E-state index in [1.807, 2.05) is 0 Å². The van der Waals surface area contributed by atoms with E-state index in [9.17, 15) is 4.79 Å². The second-order valence-corrected chi connectivity index (χ2v) is 6.34. The van der Waals surface area contributed by atoms with Crippen molar-refractivity contribution < 1.29 is 4.79 Å². The molecule has 0 radical (unpaired) electrons. The summed E-state index contributed by atoms with van der Waals surface area (Å²) in [6, 6.07) is 0. The predicted molar refractivity (Wildman–Crippen MR) is 62.6 cm³/mol. The van der Waals surface area contributed by atoms with Gasteiger partial charge in [-0.05, 0) is 23.2 Å². The van der Waals surface area contributed by atoms with Crippen LogP contribution in [0, 0.1) is 16.7 Å². The van der Waals surface area contributed by atoms with E-state index >= 15 is 0 Å². The van der Waals surface area contributed by atoms with Gasteiger partial charge in [-0.25, -0.2) is 0 Å². The maximum absolute atomic E-state index is 11.6. The van der Waals surface area contributed by atoms with Gasteiger partial charge in [-0.3, -0.25) is 4.79 Å². The number of carbonyl (C=O) groups is 1. The van der Waals surface area contributed by atoms with Crippen LogP contribution >= 0.6 is 0 Å². The molecular weight excluding hydrogens is 184 g/mol. The van der Waals surface area contributed by atoms with E-state index in [1.54, 1.807) is 5.57 Å². The van der Waals surface area contributed by atoms with E-state index < -0.39 is 0 Å². The van der Waals surface area contributed by atoms with Crippen LogP contribution in [-0.4, -0.2) is 5.78 Å². The van der Waals surface area contributed by atoms with Gasteiger partial charge in [0.2, 0.25) is 0 Å². The van der Waals surface area contributed by atoms with Crippen LogP contribution in [0.2, 0.25) is 0 Å². The van der Waals surface area contributed by atoms with Gasteiger partial charge in [-0.1, -0.05) is 45.8 Å². The van der Waals surface area contributed by atoms with E-state index in [0.717, 1.165) is 19.3 Å². The van der Waals surface area contributed by atoms with Crippen LogP contribution < -0.4 is 0 Å². The summed E-state index contributed by atoms with van der Waals surface area (Å²) in [6.45, 7) is 11.6. The molecule has 2 rings (SSSR count). The number of hydrogen-bond acceptors (Lipinski definition) is 1. The summed E-state index contributed by atoms with van der Waals surface area (Å²) in [4.78, 5) is 11.6. The van der Waals surface area contributed by atoms with Crippen molar-refractivity contribution >= 4 is 5.78 Å². The molecule has 2 aliphatic rings. The van der Waals surface area contributed by atoms with Gasteiger partial charge in [0, 0.05) is 12.8 Å². The summed E-state index contributed by atoms with van der Waals surface area (Å²) >= 11 is 0. The van der Waals surface area contributed by atoms with Crippen LogP contribution in [0.3, 0.4) is 0 Å². The van der Waals surface area contributed by atoms with Crippen LogP contribution in [0.1, 0.15) is 53.9 Å². The van der Waals surface area contributed by atoms with Crippen LogP contribution in [0.5, 0.6) is 0 Å². The van der Waals surface area contributed by atoms with Gasteiger partial charge < -0.3 is 0 Å². The normalized spacial score (nSPS) is 33.1. The van der Waals surface area contributed by atoms with Crippen molar-refractivity contribution in [2.24, 2.45) is 16.7 Å². The zero-order chi connectivity index (χ0) is 11.4. The van der Waals surface area contributed by atoms with Gasteiger partial charge in [0.25, 0.3) is 0 Å². The summed E-state index contributed by atoms with van der Waals surface area (Å²) in [5.74, 6) is 1.08. The Hall–Kier alpha value is -0.590. The van der Waals surface area contributed by atoms with Crippen molar-refractivity contribution in [1.29, 1.82) is 0 Å². The van der Waals surface area contributed by atoms with Gasteiger partial charge in [-0.2, -0.15) is 0 Å². The van der Waals surface area contributed by atoms with E-state index in [4.69, 9.17) is 0 Å². The van der Waals surface area contributed by atoms with E-state index in [0.29, 0.717) is 17.1 Å². The molecule has 0 amide bonds. The number of carbonyl (C=O) groups excluding carboxylic acids is 1. The number of ketones is 1. The predicted octanol–water partition coefficient (Wildman–Crippen LogP) is 3.74. The minimum absolute atomic E-state index is 0.217. The first kappa shape index (κ1) is 10.9. The van der Waals surface area contributed by atoms with Crippen molar-refractivity contribution in [2.45, 2.75) is 53.9 Å². The minimum Gasteiger partial charge on any atom is -0.299 e. The zero-order valence-electron chi connectivity index (χ0n) is 10.6. The standard InChI is InChI=1S/C14H22O/c1-9-13(2,3)11-7-6-10(15)8-12(11)14(9,4)5/h9H,6-8H2,1-5H3. The lowest BCUT2D eigenvalue weighted by atomic mass is 9.69. The van der Waals surface area contributed by atoms with Crippen molar-refractivity contribution in [3.8, 4) is 0 Å². The van der Waals surface area contributed by atoms with Crippen molar-refractivity contribution in [1.82, 2.24) is 0 Å². The Balaban J connectivity index is 2.51. The molecule has 1 nitrogen and oxygen atoms in total. The minimum atomic E-state index is 0.217. The molecule has 1 unspecified atom stereocenters. The summed E-state index contributed by atoms with van der Waals surface area (Å²) < 4.78 is 0. The molecule has 15 heavy (non-hydrogen) atoms. The van der Waals surface area contributed by atoms with Gasteiger partial charge in [-0.15, -0.1) is 0 Å². The highest BCUT2D eigenvalue weighted by molar-refractivity contribution is 5.83. The molecule has 2 aliphatic carbocycles. The SMILES string of the molecule is CC1C(C)(C)C2=C(CC(=O)CC2)C1(C)C. The molecule has 84 valence electrons. The van der Waals surface area contributed by atoms with Crippen molar-refractivity contribution in [2.75, 3.05) is 0 Å². The maximum atomic E-state index is 11.6. The summed E-state index contributed by atoms with van der Waals surface area (Å²) in [7, 11) is 0. The number of hydrogen-bond donors (Lipinski definition) is 0. The fraction of sp³-hybridized carbons (Fsp3) is 0.786. The second-order valence-electron chi connectivity index (χ2n) is 6.34. The molecule has 0 saturated carbocycles. The smallest absolute Gasteiger partial charge is 0.137 e. The fourth-order valence-corrected chi connectivity index (χ4v) is 3.56. The lowest BCUT2D eigenvalue weighted by Crippen LogP contribution is -2.27. The Bertz CT molecular complexity index is 344. The lowest BCUT2D eigenvalue weighted by molar-refractivity contribution is -0.118. The first-order valence-electron chi connectivity index (χ1n) is 6.02. The molecule has 1 atom stereocenters. The summed E-state index contributed by atoms with van der Waals surface area (Å²) in [6.07, 6.45) is 2.50. The highest BCUT2D eigenvalue weighted by Crippen LogP contribution is 2.60. The fourth-order valence-electron chi connectivity index (χ4n) is 3.56. The lowest BCUT2D eigenvalue weighted by Gasteiger charge is -2.34. The number of rotatable bonds is 0. The van der Waals surface area contributed by atoms with Gasteiger partial charge in [0.1, 0.15) is 5.78 Å². The Labute approximate surface area is 92.9 Å². The highest BCUT2D eigenvalue weighted by Gasteiger charge is 2.50. The van der Waals surface area contributed by atoms with Gasteiger partial charge >= 0.3 is 0 Å². The average Bonchev–Trinajstić information content (AvgIpc) is 2.26. The molecule has 0 aromatic carbocycles. The molecule has 0 spiro atoms. The molecule has 0 N–H and O–H groups in total. The molecule has 0 aliphatic heterocycles. The van der Waals surface area contributed by atoms with E-state index in [-0.39, 0.29) is 5.41 Å². The zero-order valence-corrected chi connectivity index (χ0v) is 10.6. The summed E-state index contributed by atoms with van der Waals surface area (Å²) in [5, 5.41) is 0. The average molecular weight is 206 g/mol. The largest absolute Gasteiger partial charge is 0.299 e. The first-order chi connectivity index (χ1) is 6.78. The molecule has 0 fully saturated rings. The van der Waals surface area contributed by atoms with E-state index in [1.165, 1.54) is 5.57 Å². The number of allylic oxidation sites excluding steroid dienone is 2. The van der Waals surface area contributed by atoms with Gasteiger partial charge in [0.05, 0.1) is 0 Å². The van der Waals surface area contributed by atoms with Crippen LogP contribution in [0.15, 0.2) is 11.1 Å². The van der Waals surface area contributed by atoms with Gasteiger partial charge in [0.15, 0.2) is 0 Å². The Morgan fingerprint density at radius 3 is 2.13 bits per heavy atom.